The van der Waals surface area contributed by atoms with Gasteiger partial charge in [0.25, 0.3) is 0 Å². The number of rotatable bonds is 5. The minimum absolute atomic E-state index is 0.254. The fraction of sp³-hybridized carbons (Fsp3) is 0.294. The lowest BCUT2D eigenvalue weighted by molar-refractivity contribution is 0.218. The molecule has 2 aromatic rings. The second kappa shape index (κ2) is 6.18. The molecule has 0 aliphatic rings. The van der Waals surface area contributed by atoms with E-state index in [1.54, 1.807) is 0 Å². The van der Waals surface area contributed by atoms with Gasteiger partial charge in [-0.1, -0.05) is 60.7 Å². The number of hydrogen-bond acceptors (Lipinski definition) is 1. The molecule has 0 bridgehead atoms. The average molecular weight is 270 g/mol. The monoisotopic (exact) mass is 270 g/mol. The molecular formula is C17H22OSi. The summed E-state index contributed by atoms with van der Waals surface area (Å²) in [7, 11) is -1.80. The third kappa shape index (κ3) is 4.05. The van der Waals surface area contributed by atoms with Gasteiger partial charge in [0.15, 0.2) is 0 Å². The van der Waals surface area contributed by atoms with E-state index in [0.717, 1.165) is 6.42 Å². The van der Waals surface area contributed by atoms with Crippen molar-refractivity contribution >= 4 is 13.5 Å². The first-order valence-electron chi connectivity index (χ1n) is 6.85. The Morgan fingerprint density at radius 2 is 1.42 bits per heavy atom. The zero-order valence-electron chi connectivity index (χ0n) is 12.0. The largest absolute Gasteiger partial charge is 0.410 e. The van der Waals surface area contributed by atoms with Gasteiger partial charge in [-0.25, -0.2) is 0 Å². The van der Waals surface area contributed by atoms with Gasteiger partial charge >= 0.3 is 0 Å². The van der Waals surface area contributed by atoms with Crippen molar-refractivity contribution in [2.45, 2.75) is 32.5 Å². The molecule has 2 aromatic carbocycles. The molecule has 100 valence electrons. The molecule has 0 saturated carbocycles. The minimum atomic E-state index is -1.80. The predicted molar refractivity (Wildman–Crippen MR) is 84.3 cm³/mol. The zero-order chi connectivity index (χ0) is 13.7. The molecule has 1 atom stereocenters. The molecule has 1 nitrogen and oxygen atoms in total. The molecular weight excluding hydrogens is 248 g/mol. The van der Waals surface area contributed by atoms with E-state index in [9.17, 15) is 0 Å². The van der Waals surface area contributed by atoms with Crippen LogP contribution in [0.25, 0.3) is 0 Å². The summed E-state index contributed by atoms with van der Waals surface area (Å²) < 4.78 is 6.37. The van der Waals surface area contributed by atoms with Gasteiger partial charge in [-0.05, 0) is 37.2 Å². The van der Waals surface area contributed by atoms with Crippen molar-refractivity contribution in [1.29, 1.82) is 0 Å². The summed E-state index contributed by atoms with van der Waals surface area (Å²) in [5, 5.41) is 1.36. The molecule has 0 aliphatic carbocycles. The summed E-state index contributed by atoms with van der Waals surface area (Å²) >= 11 is 0. The first kappa shape index (κ1) is 14.0. The summed E-state index contributed by atoms with van der Waals surface area (Å²) in [6, 6.07) is 21.2. The van der Waals surface area contributed by atoms with Crippen molar-refractivity contribution in [2.24, 2.45) is 0 Å². The third-order valence-electron chi connectivity index (χ3n) is 3.33. The third-order valence-corrected chi connectivity index (χ3v) is 6.05. The first-order valence-corrected chi connectivity index (χ1v) is 9.76. The van der Waals surface area contributed by atoms with Gasteiger partial charge in [0, 0.05) is 6.10 Å². The smallest absolute Gasteiger partial charge is 0.218 e. The normalized spacial score (nSPS) is 13.2. The second-order valence-electron chi connectivity index (χ2n) is 5.49. The molecule has 19 heavy (non-hydrogen) atoms. The van der Waals surface area contributed by atoms with Crippen LogP contribution in [-0.4, -0.2) is 14.4 Å². The van der Waals surface area contributed by atoms with Crippen molar-refractivity contribution < 1.29 is 4.43 Å². The SMILES string of the molecule is CC(Cc1ccccc1)O[Si](C)(C)c1ccccc1. The van der Waals surface area contributed by atoms with Crippen molar-refractivity contribution in [3.63, 3.8) is 0 Å². The van der Waals surface area contributed by atoms with Crippen LogP contribution in [-0.2, 0) is 10.8 Å². The van der Waals surface area contributed by atoms with Gasteiger partial charge in [0.1, 0.15) is 0 Å². The molecule has 0 radical (unpaired) electrons. The van der Waals surface area contributed by atoms with Gasteiger partial charge < -0.3 is 4.43 Å². The molecule has 0 fully saturated rings. The quantitative estimate of drug-likeness (QED) is 0.752. The lowest BCUT2D eigenvalue weighted by Gasteiger charge is -2.28. The molecule has 0 aliphatic heterocycles. The summed E-state index contributed by atoms with van der Waals surface area (Å²) in [5.74, 6) is 0. The standard InChI is InChI=1S/C17H22OSi/c1-15(14-16-10-6-4-7-11-16)18-19(2,3)17-12-8-5-9-13-17/h4-13,15H,14H2,1-3H3. The van der Waals surface area contributed by atoms with Crippen molar-refractivity contribution in [3.8, 4) is 0 Å². The van der Waals surface area contributed by atoms with Crippen molar-refractivity contribution in [3.05, 3.63) is 66.2 Å². The Hall–Kier alpha value is -1.38. The molecule has 0 heterocycles. The van der Waals surface area contributed by atoms with Gasteiger partial charge in [0.05, 0.1) is 0 Å². The molecule has 1 unspecified atom stereocenters. The number of benzene rings is 2. The van der Waals surface area contributed by atoms with Crippen LogP contribution in [0.3, 0.4) is 0 Å². The Morgan fingerprint density at radius 3 is 2.00 bits per heavy atom. The van der Waals surface area contributed by atoms with Gasteiger partial charge in [0.2, 0.25) is 8.32 Å². The summed E-state index contributed by atoms with van der Waals surface area (Å²) in [6.07, 6.45) is 1.23. The molecule has 0 spiro atoms. The van der Waals surface area contributed by atoms with Gasteiger partial charge in [-0.3, -0.25) is 0 Å². The van der Waals surface area contributed by atoms with Crippen LogP contribution in [0, 0.1) is 0 Å². The van der Waals surface area contributed by atoms with E-state index in [0.29, 0.717) is 0 Å². The van der Waals surface area contributed by atoms with E-state index in [2.05, 4.69) is 80.7 Å². The maximum absolute atomic E-state index is 6.37. The van der Waals surface area contributed by atoms with Crippen LogP contribution in [0.4, 0.5) is 0 Å². The van der Waals surface area contributed by atoms with Gasteiger partial charge in [-0.2, -0.15) is 0 Å². The van der Waals surface area contributed by atoms with Crippen LogP contribution in [0.15, 0.2) is 60.7 Å². The van der Waals surface area contributed by atoms with Crippen LogP contribution in [0.1, 0.15) is 12.5 Å². The highest BCUT2D eigenvalue weighted by atomic mass is 28.4. The Morgan fingerprint density at radius 1 is 0.895 bits per heavy atom. The first-order chi connectivity index (χ1) is 9.08. The molecule has 2 rings (SSSR count). The highest BCUT2D eigenvalue weighted by molar-refractivity contribution is 6.84. The fourth-order valence-corrected chi connectivity index (χ4v) is 4.62. The Labute approximate surface area is 117 Å². The second-order valence-corrected chi connectivity index (χ2v) is 9.33. The maximum Gasteiger partial charge on any atom is 0.218 e. The highest BCUT2D eigenvalue weighted by Crippen LogP contribution is 2.12. The van der Waals surface area contributed by atoms with Crippen molar-refractivity contribution in [1.82, 2.24) is 0 Å². The minimum Gasteiger partial charge on any atom is -0.410 e. The molecule has 2 heteroatoms. The maximum atomic E-state index is 6.37. The topological polar surface area (TPSA) is 9.23 Å². The van der Waals surface area contributed by atoms with Crippen molar-refractivity contribution in [2.75, 3.05) is 0 Å². The molecule has 0 saturated heterocycles. The zero-order valence-corrected chi connectivity index (χ0v) is 13.0. The van der Waals surface area contributed by atoms with E-state index in [1.807, 2.05) is 0 Å². The van der Waals surface area contributed by atoms with E-state index in [4.69, 9.17) is 4.43 Å². The Kier molecular flexibility index (Phi) is 4.56. The lowest BCUT2D eigenvalue weighted by Crippen LogP contribution is -2.47. The Bertz CT molecular complexity index is 493. The van der Waals surface area contributed by atoms with E-state index in [1.165, 1.54) is 10.8 Å². The van der Waals surface area contributed by atoms with E-state index >= 15 is 0 Å². The molecule has 0 aromatic heterocycles. The van der Waals surface area contributed by atoms with Gasteiger partial charge in [-0.15, -0.1) is 0 Å². The van der Waals surface area contributed by atoms with Crippen LogP contribution in [0.2, 0.25) is 13.1 Å². The summed E-state index contributed by atoms with van der Waals surface area (Å²) in [5.41, 5.74) is 1.34. The van der Waals surface area contributed by atoms with Crippen LogP contribution in [0.5, 0.6) is 0 Å². The van der Waals surface area contributed by atoms with E-state index in [-0.39, 0.29) is 6.10 Å². The molecule has 0 N–H and O–H groups in total. The van der Waals surface area contributed by atoms with Crippen LogP contribution >= 0.6 is 0 Å². The Balaban J connectivity index is 2.00. The lowest BCUT2D eigenvalue weighted by atomic mass is 10.1. The summed E-state index contributed by atoms with van der Waals surface area (Å²) in [6.45, 7) is 6.71. The average Bonchev–Trinajstić information content (AvgIpc) is 2.40. The van der Waals surface area contributed by atoms with Crippen LogP contribution < -0.4 is 5.19 Å². The number of hydrogen-bond donors (Lipinski definition) is 0. The fourth-order valence-electron chi connectivity index (χ4n) is 2.40. The molecule has 0 amide bonds. The highest BCUT2D eigenvalue weighted by Gasteiger charge is 2.27. The van der Waals surface area contributed by atoms with E-state index < -0.39 is 8.32 Å². The predicted octanol–water partition coefficient (Wildman–Crippen LogP) is 3.75. The summed E-state index contributed by atoms with van der Waals surface area (Å²) in [4.78, 5) is 0.